The fourth-order valence-electron chi connectivity index (χ4n) is 5.56. The van der Waals surface area contributed by atoms with Gasteiger partial charge in [0.2, 0.25) is 17.7 Å². The Morgan fingerprint density at radius 1 is 0.727 bits per heavy atom. The second kappa shape index (κ2) is 14.5. The van der Waals surface area contributed by atoms with Crippen molar-refractivity contribution in [2.75, 3.05) is 6.54 Å². The predicted molar refractivity (Wildman–Crippen MR) is 167 cm³/mol. The van der Waals surface area contributed by atoms with Crippen molar-refractivity contribution in [3.05, 3.63) is 108 Å². The zero-order chi connectivity index (χ0) is 30.9. The monoisotopic (exact) mass is 595 g/mol. The summed E-state index contributed by atoms with van der Waals surface area (Å²) in [5.41, 5.74) is 3.26. The van der Waals surface area contributed by atoms with Crippen molar-refractivity contribution in [3.8, 4) is 0 Å². The Hall–Kier alpha value is -4.96. The van der Waals surface area contributed by atoms with Gasteiger partial charge in [-0.3, -0.25) is 14.4 Å². The first-order valence-corrected chi connectivity index (χ1v) is 14.9. The van der Waals surface area contributed by atoms with Crippen LogP contribution in [0.3, 0.4) is 0 Å². The molecule has 1 aliphatic heterocycles. The molecular weight excluding hydrogens is 558 g/mol. The van der Waals surface area contributed by atoms with E-state index in [1.54, 1.807) is 30.5 Å². The molecule has 228 valence electrons. The topological polar surface area (TPSA) is 152 Å². The number of fused-ring (bicyclic) bond motifs is 1. The van der Waals surface area contributed by atoms with Crippen LogP contribution in [0.15, 0.2) is 91.1 Å². The van der Waals surface area contributed by atoms with E-state index in [1.165, 1.54) is 0 Å². The van der Waals surface area contributed by atoms with Crippen LogP contribution in [0.1, 0.15) is 29.5 Å². The van der Waals surface area contributed by atoms with E-state index in [1.807, 2.05) is 60.7 Å². The van der Waals surface area contributed by atoms with Crippen LogP contribution in [0.4, 0.5) is 0 Å². The van der Waals surface area contributed by atoms with Gasteiger partial charge in [0.05, 0.1) is 6.04 Å². The third kappa shape index (κ3) is 7.90. The van der Waals surface area contributed by atoms with E-state index in [-0.39, 0.29) is 31.2 Å². The number of nitrogens with one attached hydrogen (secondary N) is 5. The van der Waals surface area contributed by atoms with E-state index in [0.717, 1.165) is 40.6 Å². The smallest absolute Gasteiger partial charge is 0.326 e. The van der Waals surface area contributed by atoms with Gasteiger partial charge in [0.15, 0.2) is 0 Å². The van der Waals surface area contributed by atoms with Crippen molar-refractivity contribution in [3.63, 3.8) is 0 Å². The number of carboxylic acids is 1. The van der Waals surface area contributed by atoms with E-state index in [4.69, 9.17) is 0 Å². The van der Waals surface area contributed by atoms with Crippen molar-refractivity contribution < 1.29 is 24.3 Å². The molecule has 5 rings (SSSR count). The number of aromatic nitrogens is 1. The fourth-order valence-corrected chi connectivity index (χ4v) is 5.56. The van der Waals surface area contributed by atoms with Crippen LogP contribution in [-0.2, 0) is 38.4 Å². The normalized spacial score (nSPS) is 16.5. The molecule has 0 radical (unpaired) electrons. The van der Waals surface area contributed by atoms with E-state index < -0.39 is 35.9 Å². The first-order chi connectivity index (χ1) is 21.4. The summed E-state index contributed by atoms with van der Waals surface area (Å²) < 4.78 is 0. The molecule has 6 N–H and O–H groups in total. The molecule has 4 unspecified atom stereocenters. The summed E-state index contributed by atoms with van der Waals surface area (Å²) in [6.45, 7) is 0.730. The zero-order valence-electron chi connectivity index (χ0n) is 24.3. The van der Waals surface area contributed by atoms with Gasteiger partial charge in [-0.1, -0.05) is 78.9 Å². The van der Waals surface area contributed by atoms with Crippen LogP contribution in [0.2, 0.25) is 0 Å². The second-order valence-corrected chi connectivity index (χ2v) is 11.1. The van der Waals surface area contributed by atoms with Gasteiger partial charge in [-0.2, -0.15) is 0 Å². The van der Waals surface area contributed by atoms with Gasteiger partial charge in [-0.25, -0.2) is 4.79 Å². The van der Waals surface area contributed by atoms with Gasteiger partial charge >= 0.3 is 5.97 Å². The molecule has 1 aromatic heterocycles. The van der Waals surface area contributed by atoms with Crippen molar-refractivity contribution >= 4 is 34.6 Å². The first-order valence-electron chi connectivity index (χ1n) is 14.9. The van der Waals surface area contributed by atoms with Gasteiger partial charge in [-0.05, 0) is 42.1 Å². The van der Waals surface area contributed by atoms with E-state index in [2.05, 4.69) is 26.3 Å². The Bertz CT molecular complexity index is 1580. The van der Waals surface area contributed by atoms with Crippen LogP contribution in [0.5, 0.6) is 0 Å². The lowest BCUT2D eigenvalue weighted by Crippen LogP contribution is -2.58. The molecule has 10 heteroatoms. The third-order valence-electron chi connectivity index (χ3n) is 7.92. The fraction of sp³-hybridized carbons (Fsp3) is 0.294. The Morgan fingerprint density at radius 2 is 1.30 bits per heavy atom. The Kier molecular flexibility index (Phi) is 10.0. The lowest BCUT2D eigenvalue weighted by atomic mass is 10.0. The summed E-state index contributed by atoms with van der Waals surface area (Å²) in [5.74, 6) is -2.62. The molecule has 1 saturated heterocycles. The van der Waals surface area contributed by atoms with Crippen LogP contribution in [0, 0.1) is 0 Å². The number of para-hydroxylation sites is 1. The maximum absolute atomic E-state index is 13.9. The number of hydrogen-bond acceptors (Lipinski definition) is 5. The highest BCUT2D eigenvalue weighted by molar-refractivity contribution is 5.95. The van der Waals surface area contributed by atoms with Crippen molar-refractivity contribution in [2.24, 2.45) is 0 Å². The maximum atomic E-state index is 13.9. The standard InChI is InChI=1S/C34H37N5O5/c40-31(27-16-9-17-35-27)37-28(18-22-10-3-1-4-11-22)32(41)38-29(20-24-21-36-26-15-8-7-14-25(24)26)33(42)39-30(34(43)44)19-23-12-5-2-6-13-23/h1-8,10-15,21,27-30,35-36H,9,16-20H2,(H,37,40)(H,38,41)(H,39,42)(H,43,44). The number of benzene rings is 3. The molecule has 4 aromatic rings. The van der Waals surface area contributed by atoms with Crippen LogP contribution >= 0.6 is 0 Å². The Labute approximate surface area is 255 Å². The first kappa shape index (κ1) is 30.5. The molecule has 10 nitrogen and oxygen atoms in total. The Balaban J connectivity index is 1.39. The number of carbonyl (C=O) groups is 4. The van der Waals surface area contributed by atoms with Crippen LogP contribution < -0.4 is 21.3 Å². The number of carbonyl (C=O) groups excluding carboxylic acids is 3. The van der Waals surface area contributed by atoms with E-state index in [9.17, 15) is 24.3 Å². The summed E-state index contributed by atoms with van der Waals surface area (Å²) in [7, 11) is 0. The number of amides is 3. The molecule has 4 atom stereocenters. The Morgan fingerprint density at radius 3 is 1.91 bits per heavy atom. The van der Waals surface area contributed by atoms with Crippen molar-refractivity contribution in [1.82, 2.24) is 26.3 Å². The van der Waals surface area contributed by atoms with Crippen LogP contribution in [-0.4, -0.2) is 64.5 Å². The summed E-state index contributed by atoms with van der Waals surface area (Å²) in [6, 6.07) is 22.3. The van der Waals surface area contributed by atoms with E-state index >= 15 is 0 Å². The van der Waals surface area contributed by atoms with Gasteiger partial charge in [0.25, 0.3) is 0 Å². The van der Waals surface area contributed by atoms with Gasteiger partial charge in [-0.15, -0.1) is 0 Å². The number of H-pyrrole nitrogens is 1. The highest BCUT2D eigenvalue weighted by atomic mass is 16.4. The molecule has 3 amide bonds. The summed E-state index contributed by atoms with van der Waals surface area (Å²) in [5, 5.41) is 22.4. The SMILES string of the molecule is O=C(O)C(Cc1ccccc1)NC(=O)C(Cc1c[nH]c2ccccc12)NC(=O)C(Cc1ccccc1)NC(=O)C1CCCN1. The third-order valence-corrected chi connectivity index (χ3v) is 7.92. The number of aliphatic carboxylic acids is 1. The minimum atomic E-state index is -1.21. The van der Waals surface area contributed by atoms with E-state index in [0.29, 0.717) is 6.42 Å². The molecule has 1 fully saturated rings. The second-order valence-electron chi connectivity index (χ2n) is 11.1. The molecular formula is C34H37N5O5. The molecule has 0 bridgehead atoms. The predicted octanol–water partition coefficient (Wildman–Crippen LogP) is 2.49. The lowest BCUT2D eigenvalue weighted by molar-refractivity contribution is -0.142. The molecule has 2 heterocycles. The summed E-state index contributed by atoms with van der Waals surface area (Å²) in [6.07, 6.45) is 3.73. The van der Waals surface area contributed by atoms with Gasteiger partial charge in [0.1, 0.15) is 18.1 Å². The summed E-state index contributed by atoms with van der Waals surface area (Å²) >= 11 is 0. The quantitative estimate of drug-likeness (QED) is 0.140. The van der Waals surface area contributed by atoms with Crippen molar-refractivity contribution in [2.45, 2.75) is 56.3 Å². The minimum Gasteiger partial charge on any atom is -0.480 e. The van der Waals surface area contributed by atoms with Crippen LogP contribution in [0.25, 0.3) is 10.9 Å². The average Bonchev–Trinajstić information content (AvgIpc) is 3.72. The number of rotatable bonds is 13. The molecule has 3 aromatic carbocycles. The number of hydrogen-bond donors (Lipinski definition) is 6. The highest BCUT2D eigenvalue weighted by Gasteiger charge is 2.32. The number of aromatic amines is 1. The van der Waals surface area contributed by atoms with Gasteiger partial charge in [0, 0.05) is 36.4 Å². The molecule has 0 saturated carbocycles. The maximum Gasteiger partial charge on any atom is 0.326 e. The molecule has 0 aliphatic carbocycles. The van der Waals surface area contributed by atoms with Gasteiger partial charge < -0.3 is 31.4 Å². The molecule has 1 aliphatic rings. The van der Waals surface area contributed by atoms with Crippen molar-refractivity contribution in [1.29, 1.82) is 0 Å². The lowest BCUT2D eigenvalue weighted by Gasteiger charge is -2.25. The highest BCUT2D eigenvalue weighted by Crippen LogP contribution is 2.20. The summed E-state index contributed by atoms with van der Waals surface area (Å²) in [4.78, 5) is 56.1. The largest absolute Gasteiger partial charge is 0.480 e. The molecule has 0 spiro atoms. The average molecular weight is 596 g/mol. The zero-order valence-corrected chi connectivity index (χ0v) is 24.3. The minimum absolute atomic E-state index is 0.0801. The molecule has 44 heavy (non-hydrogen) atoms. The number of carboxylic acid groups (broad SMARTS) is 1.